The second kappa shape index (κ2) is 13.1. The van der Waals surface area contributed by atoms with E-state index in [0.717, 1.165) is 61.3 Å². The summed E-state index contributed by atoms with van der Waals surface area (Å²) in [5, 5.41) is 4.67. The number of rotatable bonds is 6. The van der Waals surface area contributed by atoms with Gasteiger partial charge in [-0.05, 0) is 76.9 Å². The van der Waals surface area contributed by atoms with Crippen molar-refractivity contribution in [3.63, 3.8) is 0 Å². The van der Waals surface area contributed by atoms with Gasteiger partial charge in [-0.2, -0.15) is 0 Å². The Bertz CT molecular complexity index is 3230. The van der Waals surface area contributed by atoms with Gasteiger partial charge in [-0.15, -0.1) is 0 Å². The number of para-hydroxylation sites is 4. The van der Waals surface area contributed by atoms with Crippen LogP contribution in [0.3, 0.4) is 0 Å². The fraction of sp³-hybridized carbons (Fsp3) is 0. The van der Waals surface area contributed by atoms with E-state index in [1.54, 1.807) is 0 Å². The lowest BCUT2D eigenvalue weighted by Crippen LogP contribution is -1.99. The SMILES string of the molecule is c1ccc(-c2nc(-c3cccc(-c4cccc(-c5cccc6c5c5ccccc5n6-c5ccccc5)c4)c3)nc3c2c2ccccc2n3-c2ccccc2)cc1. The van der Waals surface area contributed by atoms with Crippen molar-refractivity contribution in [2.45, 2.75) is 0 Å². The minimum atomic E-state index is 0.688. The number of hydrogen-bond donors (Lipinski definition) is 0. The predicted octanol–water partition coefficient (Wildman–Crippen LogP) is 13.3. The van der Waals surface area contributed by atoms with Gasteiger partial charge in [0.1, 0.15) is 5.65 Å². The van der Waals surface area contributed by atoms with Crippen molar-refractivity contribution >= 4 is 43.7 Å². The van der Waals surface area contributed by atoms with Crippen LogP contribution in [0.25, 0.3) is 100 Å². The highest BCUT2D eigenvalue weighted by molar-refractivity contribution is 6.16. The van der Waals surface area contributed by atoms with E-state index >= 15 is 0 Å². The third-order valence-electron chi connectivity index (χ3n) is 10.9. The second-order valence-corrected chi connectivity index (χ2v) is 14.2. The highest BCUT2D eigenvalue weighted by Crippen LogP contribution is 2.41. The van der Waals surface area contributed by atoms with Crippen molar-refractivity contribution < 1.29 is 0 Å². The molecule has 0 N–H and O–H groups in total. The maximum absolute atomic E-state index is 5.39. The Balaban J connectivity index is 1.08. The zero-order valence-electron chi connectivity index (χ0n) is 30.4. The van der Waals surface area contributed by atoms with Gasteiger partial charge < -0.3 is 4.57 Å². The van der Waals surface area contributed by atoms with Gasteiger partial charge >= 0.3 is 0 Å². The lowest BCUT2D eigenvalue weighted by molar-refractivity contribution is 1.11. The molecule has 0 unspecified atom stereocenters. The molecule has 0 aliphatic rings. The van der Waals surface area contributed by atoms with Crippen LogP contribution in [0, 0.1) is 0 Å². The van der Waals surface area contributed by atoms with Crippen LogP contribution >= 0.6 is 0 Å². The minimum absolute atomic E-state index is 0.688. The maximum atomic E-state index is 5.39. The van der Waals surface area contributed by atoms with Gasteiger partial charge in [0.25, 0.3) is 0 Å². The largest absolute Gasteiger partial charge is 0.309 e. The zero-order chi connectivity index (χ0) is 37.0. The molecule has 56 heavy (non-hydrogen) atoms. The van der Waals surface area contributed by atoms with Crippen LogP contribution < -0.4 is 0 Å². The van der Waals surface area contributed by atoms with E-state index in [1.165, 1.54) is 32.9 Å². The Kier molecular flexibility index (Phi) is 7.46. The van der Waals surface area contributed by atoms with Crippen molar-refractivity contribution in [3.8, 4) is 56.3 Å². The van der Waals surface area contributed by atoms with E-state index in [-0.39, 0.29) is 0 Å². The number of fused-ring (bicyclic) bond motifs is 6. The first-order chi connectivity index (χ1) is 27.8. The maximum Gasteiger partial charge on any atom is 0.162 e. The van der Waals surface area contributed by atoms with Gasteiger partial charge in [0, 0.05) is 38.7 Å². The van der Waals surface area contributed by atoms with E-state index in [9.17, 15) is 0 Å². The van der Waals surface area contributed by atoms with E-state index in [0.29, 0.717) is 5.82 Å². The first kappa shape index (κ1) is 31.9. The van der Waals surface area contributed by atoms with Crippen LogP contribution in [-0.2, 0) is 0 Å². The summed E-state index contributed by atoms with van der Waals surface area (Å²) < 4.78 is 4.64. The van der Waals surface area contributed by atoms with Crippen LogP contribution in [0.5, 0.6) is 0 Å². The summed E-state index contributed by atoms with van der Waals surface area (Å²) in [5.74, 6) is 0.688. The van der Waals surface area contributed by atoms with Crippen molar-refractivity contribution in [3.05, 3.63) is 206 Å². The lowest BCUT2D eigenvalue weighted by Gasteiger charge is -2.12. The molecule has 4 heteroatoms. The Morgan fingerprint density at radius 1 is 0.321 bits per heavy atom. The summed E-state index contributed by atoms with van der Waals surface area (Å²) in [6.45, 7) is 0. The Morgan fingerprint density at radius 2 is 0.804 bits per heavy atom. The van der Waals surface area contributed by atoms with Gasteiger partial charge in [-0.3, -0.25) is 4.57 Å². The quantitative estimate of drug-likeness (QED) is 0.172. The van der Waals surface area contributed by atoms with Crippen LogP contribution in [0.2, 0.25) is 0 Å². The Hall–Kier alpha value is -7.56. The normalized spacial score (nSPS) is 11.6. The molecule has 4 nitrogen and oxygen atoms in total. The summed E-state index contributed by atoms with van der Waals surface area (Å²) in [6, 6.07) is 73.1. The molecule has 11 rings (SSSR count). The molecule has 0 bridgehead atoms. The average Bonchev–Trinajstić information content (AvgIpc) is 3.80. The fourth-order valence-electron chi connectivity index (χ4n) is 8.44. The first-order valence-corrected chi connectivity index (χ1v) is 19.0. The molecule has 0 saturated carbocycles. The third kappa shape index (κ3) is 5.15. The van der Waals surface area contributed by atoms with Crippen LogP contribution in [0.4, 0.5) is 0 Å². The molecule has 0 aliphatic carbocycles. The highest BCUT2D eigenvalue weighted by Gasteiger charge is 2.21. The zero-order valence-corrected chi connectivity index (χ0v) is 30.4. The topological polar surface area (TPSA) is 35.6 Å². The second-order valence-electron chi connectivity index (χ2n) is 14.2. The van der Waals surface area contributed by atoms with Gasteiger partial charge in [-0.1, -0.05) is 152 Å². The molecule has 0 saturated heterocycles. The summed E-state index contributed by atoms with van der Waals surface area (Å²) >= 11 is 0. The summed E-state index contributed by atoms with van der Waals surface area (Å²) in [5.41, 5.74) is 14.2. The molecule has 0 spiro atoms. The molecule has 11 aromatic rings. The third-order valence-corrected chi connectivity index (χ3v) is 10.9. The average molecular weight is 715 g/mol. The predicted molar refractivity (Wildman–Crippen MR) is 232 cm³/mol. The molecule has 0 amide bonds. The molecule has 0 aliphatic heterocycles. The Morgan fingerprint density at radius 3 is 1.50 bits per heavy atom. The van der Waals surface area contributed by atoms with E-state index < -0.39 is 0 Å². The van der Waals surface area contributed by atoms with Gasteiger partial charge in [0.2, 0.25) is 0 Å². The molecular weight excluding hydrogens is 681 g/mol. The van der Waals surface area contributed by atoms with E-state index in [1.807, 2.05) is 0 Å². The highest BCUT2D eigenvalue weighted by atomic mass is 15.1. The molecule has 0 atom stereocenters. The van der Waals surface area contributed by atoms with Gasteiger partial charge in [0.15, 0.2) is 5.82 Å². The van der Waals surface area contributed by atoms with Gasteiger partial charge in [-0.25, -0.2) is 9.97 Å². The molecule has 262 valence electrons. The van der Waals surface area contributed by atoms with Crippen LogP contribution in [0.15, 0.2) is 206 Å². The molecule has 3 aromatic heterocycles. The smallest absolute Gasteiger partial charge is 0.162 e. The lowest BCUT2D eigenvalue weighted by atomic mass is 9.95. The summed E-state index contributed by atoms with van der Waals surface area (Å²) in [4.78, 5) is 10.7. The van der Waals surface area contributed by atoms with Crippen molar-refractivity contribution in [2.75, 3.05) is 0 Å². The van der Waals surface area contributed by atoms with Crippen LogP contribution in [0.1, 0.15) is 0 Å². The van der Waals surface area contributed by atoms with Crippen molar-refractivity contribution in [1.29, 1.82) is 0 Å². The minimum Gasteiger partial charge on any atom is -0.309 e. The molecule has 0 fully saturated rings. The summed E-state index contributed by atoms with van der Waals surface area (Å²) in [6.07, 6.45) is 0. The molecular formula is C52H34N4. The monoisotopic (exact) mass is 714 g/mol. The van der Waals surface area contributed by atoms with E-state index in [4.69, 9.17) is 9.97 Å². The summed E-state index contributed by atoms with van der Waals surface area (Å²) in [7, 11) is 0. The van der Waals surface area contributed by atoms with Gasteiger partial charge in [0.05, 0.1) is 27.6 Å². The number of hydrogen-bond acceptors (Lipinski definition) is 2. The van der Waals surface area contributed by atoms with Crippen molar-refractivity contribution in [1.82, 2.24) is 19.1 Å². The molecule has 8 aromatic carbocycles. The number of nitrogens with zero attached hydrogens (tertiary/aromatic N) is 4. The molecule has 0 radical (unpaired) electrons. The first-order valence-electron chi connectivity index (χ1n) is 19.0. The standard InChI is InChI=1S/C52H34N4/c1-4-17-35(18-5-1)50-49-44-28-11-13-31-46(44)56(41-25-8-3-9-26-41)52(49)54-51(53-50)39-22-15-20-37(34-39)36-19-14-21-38(33-36)42-29-16-32-47-48(42)43-27-10-12-30-45(43)55(47)40-23-6-2-7-24-40/h1-34H. The molecule has 3 heterocycles. The number of benzene rings is 8. The number of aromatic nitrogens is 4. The Labute approximate surface area is 324 Å². The fourth-order valence-corrected chi connectivity index (χ4v) is 8.44. The van der Waals surface area contributed by atoms with E-state index in [2.05, 4.69) is 215 Å². The van der Waals surface area contributed by atoms with Crippen molar-refractivity contribution in [2.24, 2.45) is 0 Å². The van der Waals surface area contributed by atoms with Crippen LogP contribution in [-0.4, -0.2) is 19.1 Å².